The number of benzene rings is 1. The minimum atomic E-state index is -0.0739. The molecule has 2 saturated heterocycles. The summed E-state index contributed by atoms with van der Waals surface area (Å²) in [4.78, 5) is 19.8. The van der Waals surface area contributed by atoms with E-state index in [1.54, 1.807) is 0 Å². The van der Waals surface area contributed by atoms with Gasteiger partial charge in [0, 0.05) is 31.9 Å². The fourth-order valence-corrected chi connectivity index (χ4v) is 4.45. The third-order valence-electron chi connectivity index (χ3n) is 5.90. The first-order valence-corrected chi connectivity index (χ1v) is 9.95. The van der Waals surface area contributed by atoms with Crippen molar-refractivity contribution in [2.75, 3.05) is 19.6 Å². The summed E-state index contributed by atoms with van der Waals surface area (Å²) in [6, 6.07) is 9.88. The van der Waals surface area contributed by atoms with Crippen molar-refractivity contribution in [3.63, 3.8) is 0 Å². The van der Waals surface area contributed by atoms with Gasteiger partial charge in [0.2, 0.25) is 0 Å². The summed E-state index contributed by atoms with van der Waals surface area (Å²) >= 11 is 0. The molecule has 6 heteroatoms. The fraction of sp³-hybridized carbons (Fsp3) is 0.524. The van der Waals surface area contributed by atoms with Gasteiger partial charge in [0.05, 0.1) is 18.2 Å². The normalized spacial score (nSPS) is 25.7. The number of carbonyl (C=O) groups excluding carboxylic acids is 1. The molecule has 142 valence electrons. The van der Waals surface area contributed by atoms with Crippen LogP contribution in [0, 0.1) is 11.3 Å². The van der Waals surface area contributed by atoms with Crippen molar-refractivity contribution in [3.8, 4) is 6.07 Å². The van der Waals surface area contributed by atoms with E-state index in [2.05, 4.69) is 22.1 Å². The molecular weight excluding hydrogens is 338 g/mol. The SMILES string of the molecule is N#Cc1ccccc1CN1C(=O)C2CCCCN2C=C1N1CCC[C@@H](N)C1. The molecule has 2 atom stereocenters. The molecule has 0 radical (unpaired) electrons. The van der Waals surface area contributed by atoms with Crippen LogP contribution in [0.25, 0.3) is 0 Å². The van der Waals surface area contributed by atoms with Crippen molar-refractivity contribution in [1.82, 2.24) is 14.7 Å². The Morgan fingerprint density at radius 3 is 2.81 bits per heavy atom. The van der Waals surface area contributed by atoms with E-state index in [-0.39, 0.29) is 18.0 Å². The Morgan fingerprint density at radius 1 is 1.15 bits per heavy atom. The number of carbonyl (C=O) groups is 1. The molecule has 0 aromatic heterocycles. The van der Waals surface area contributed by atoms with Crippen LogP contribution in [0.4, 0.5) is 0 Å². The van der Waals surface area contributed by atoms with Gasteiger partial charge in [-0.15, -0.1) is 0 Å². The summed E-state index contributed by atoms with van der Waals surface area (Å²) in [7, 11) is 0. The molecule has 4 rings (SSSR count). The summed E-state index contributed by atoms with van der Waals surface area (Å²) in [5, 5.41) is 9.45. The molecule has 27 heavy (non-hydrogen) atoms. The Morgan fingerprint density at radius 2 is 2.00 bits per heavy atom. The predicted octanol–water partition coefficient (Wildman–Crippen LogP) is 1.98. The number of hydrogen-bond acceptors (Lipinski definition) is 5. The van der Waals surface area contributed by atoms with Crippen LogP contribution in [0.5, 0.6) is 0 Å². The molecule has 3 aliphatic heterocycles. The lowest BCUT2D eigenvalue weighted by Gasteiger charge is -2.47. The van der Waals surface area contributed by atoms with Crippen LogP contribution in [0.3, 0.4) is 0 Å². The minimum Gasteiger partial charge on any atom is -0.363 e. The van der Waals surface area contributed by atoms with Gasteiger partial charge >= 0.3 is 0 Å². The summed E-state index contributed by atoms with van der Waals surface area (Å²) in [5.74, 6) is 1.10. The van der Waals surface area contributed by atoms with Gasteiger partial charge in [-0.3, -0.25) is 9.69 Å². The van der Waals surface area contributed by atoms with E-state index in [9.17, 15) is 10.1 Å². The molecule has 2 fully saturated rings. The quantitative estimate of drug-likeness (QED) is 0.886. The maximum Gasteiger partial charge on any atom is 0.251 e. The number of nitrogens with two attached hydrogens (primary N) is 1. The van der Waals surface area contributed by atoms with E-state index in [0.29, 0.717) is 12.1 Å². The first-order chi connectivity index (χ1) is 13.2. The Labute approximate surface area is 160 Å². The molecule has 2 N–H and O–H groups in total. The molecule has 1 amide bonds. The van der Waals surface area contributed by atoms with E-state index in [1.165, 1.54) is 0 Å². The van der Waals surface area contributed by atoms with Crippen LogP contribution in [0.1, 0.15) is 43.2 Å². The summed E-state index contributed by atoms with van der Waals surface area (Å²) in [5.41, 5.74) is 7.74. The standard InChI is InChI=1S/C21H27N5O/c22-12-16-6-1-2-7-17(16)13-26-20(25-11-5-8-18(23)14-25)15-24-10-4-3-9-19(24)21(26)27/h1-2,6-7,15,18-19H,3-5,8-11,13-14,23H2/t18-,19?/m1/s1. The molecule has 0 aliphatic carbocycles. The second kappa shape index (κ2) is 7.61. The zero-order valence-electron chi connectivity index (χ0n) is 15.7. The summed E-state index contributed by atoms with van der Waals surface area (Å²) < 4.78 is 0. The Bertz CT molecular complexity index is 783. The first kappa shape index (κ1) is 17.9. The second-order valence-electron chi connectivity index (χ2n) is 7.78. The number of nitrogens with zero attached hydrogens (tertiary/aromatic N) is 4. The van der Waals surface area contributed by atoms with Crippen LogP contribution in [0.2, 0.25) is 0 Å². The lowest BCUT2D eigenvalue weighted by molar-refractivity contribution is -0.139. The maximum atomic E-state index is 13.4. The monoisotopic (exact) mass is 365 g/mol. The van der Waals surface area contributed by atoms with Gasteiger partial charge in [-0.05, 0) is 43.7 Å². The number of nitriles is 1. The van der Waals surface area contributed by atoms with Crippen LogP contribution in [-0.2, 0) is 11.3 Å². The molecular formula is C21H27N5O. The number of amides is 1. The highest BCUT2D eigenvalue weighted by molar-refractivity contribution is 5.84. The van der Waals surface area contributed by atoms with Crippen molar-refractivity contribution in [1.29, 1.82) is 5.26 Å². The highest BCUT2D eigenvalue weighted by Gasteiger charge is 2.39. The predicted molar refractivity (Wildman–Crippen MR) is 103 cm³/mol. The van der Waals surface area contributed by atoms with Crippen LogP contribution in [-0.4, -0.2) is 52.3 Å². The van der Waals surface area contributed by atoms with Crippen LogP contribution < -0.4 is 5.73 Å². The summed E-state index contributed by atoms with van der Waals surface area (Å²) in [6.45, 7) is 3.06. The van der Waals surface area contributed by atoms with Crippen molar-refractivity contribution in [2.45, 2.75) is 50.7 Å². The highest BCUT2D eigenvalue weighted by atomic mass is 16.2. The van der Waals surface area contributed by atoms with E-state index < -0.39 is 0 Å². The van der Waals surface area contributed by atoms with E-state index in [1.807, 2.05) is 29.2 Å². The molecule has 1 aromatic rings. The topological polar surface area (TPSA) is 76.6 Å². The molecule has 0 bridgehead atoms. The smallest absolute Gasteiger partial charge is 0.251 e. The molecule has 3 aliphatic rings. The first-order valence-electron chi connectivity index (χ1n) is 9.95. The minimum absolute atomic E-state index is 0.0739. The Kier molecular flexibility index (Phi) is 5.04. The van der Waals surface area contributed by atoms with E-state index in [4.69, 9.17) is 5.73 Å². The molecule has 0 spiro atoms. The lowest BCUT2D eigenvalue weighted by Crippen LogP contribution is -2.56. The van der Waals surface area contributed by atoms with Gasteiger partial charge in [0.1, 0.15) is 11.9 Å². The van der Waals surface area contributed by atoms with Gasteiger partial charge in [-0.25, -0.2) is 0 Å². The van der Waals surface area contributed by atoms with Gasteiger partial charge in [-0.2, -0.15) is 5.26 Å². The lowest BCUT2D eigenvalue weighted by atomic mass is 9.98. The Hall–Kier alpha value is -2.52. The molecule has 6 nitrogen and oxygen atoms in total. The highest BCUT2D eigenvalue weighted by Crippen LogP contribution is 2.31. The fourth-order valence-electron chi connectivity index (χ4n) is 4.45. The Balaban J connectivity index is 1.68. The van der Waals surface area contributed by atoms with Gasteiger partial charge in [0.15, 0.2) is 0 Å². The average Bonchev–Trinajstić information content (AvgIpc) is 2.70. The number of piperidine rings is 2. The second-order valence-corrected chi connectivity index (χ2v) is 7.78. The number of likely N-dealkylation sites (tertiary alicyclic amines) is 1. The van der Waals surface area contributed by atoms with Gasteiger partial charge in [-0.1, -0.05) is 18.2 Å². The average molecular weight is 365 g/mol. The molecule has 3 heterocycles. The third kappa shape index (κ3) is 3.52. The zero-order chi connectivity index (χ0) is 18.8. The number of fused-ring (bicyclic) bond motifs is 1. The van der Waals surface area contributed by atoms with E-state index in [0.717, 1.165) is 63.1 Å². The van der Waals surface area contributed by atoms with Crippen molar-refractivity contribution < 1.29 is 4.79 Å². The zero-order valence-corrected chi connectivity index (χ0v) is 15.7. The van der Waals surface area contributed by atoms with Crippen molar-refractivity contribution in [2.24, 2.45) is 5.73 Å². The molecule has 0 saturated carbocycles. The van der Waals surface area contributed by atoms with Crippen molar-refractivity contribution in [3.05, 3.63) is 47.4 Å². The van der Waals surface area contributed by atoms with Crippen LogP contribution >= 0.6 is 0 Å². The van der Waals surface area contributed by atoms with E-state index >= 15 is 0 Å². The number of hydrogen-bond donors (Lipinski definition) is 1. The van der Waals surface area contributed by atoms with Gasteiger partial charge < -0.3 is 15.5 Å². The van der Waals surface area contributed by atoms with Crippen LogP contribution in [0.15, 0.2) is 36.3 Å². The summed E-state index contributed by atoms with van der Waals surface area (Å²) in [6.07, 6.45) is 7.36. The maximum absolute atomic E-state index is 13.4. The molecule has 1 aromatic carbocycles. The largest absolute Gasteiger partial charge is 0.363 e. The third-order valence-corrected chi connectivity index (χ3v) is 5.90. The molecule has 1 unspecified atom stereocenters. The van der Waals surface area contributed by atoms with Gasteiger partial charge in [0.25, 0.3) is 5.91 Å². The van der Waals surface area contributed by atoms with Crippen molar-refractivity contribution >= 4 is 5.91 Å². The number of rotatable bonds is 3.